The number of rotatable bonds is 37. The lowest BCUT2D eigenvalue weighted by atomic mass is 10.0. The van der Waals surface area contributed by atoms with Crippen molar-refractivity contribution < 1.29 is 38.4 Å². The summed E-state index contributed by atoms with van der Waals surface area (Å²) in [7, 11) is 0. The number of hydrogen-bond donors (Lipinski definition) is 21. The monoisotopic (exact) mass is 1060 g/mol. The van der Waals surface area contributed by atoms with Crippen LogP contribution in [0.3, 0.4) is 0 Å². The molecule has 1 aromatic rings. The molecular weight excluding hydrogens is 985 g/mol. The molecule has 418 valence electrons. The Kier molecular flexibility index (Phi) is 30.4. The number of amides is 8. The van der Waals surface area contributed by atoms with E-state index < -0.39 is 96.8 Å². The molecule has 75 heavy (non-hydrogen) atoms. The molecule has 0 aliphatic rings. The highest BCUT2D eigenvalue weighted by molar-refractivity contribution is 5.99. The third-order valence-corrected chi connectivity index (χ3v) is 10.3. The maximum Gasteiger partial charge on any atom is 0.251 e. The summed E-state index contributed by atoms with van der Waals surface area (Å²) >= 11 is 0. The van der Waals surface area contributed by atoms with Gasteiger partial charge in [-0.15, -0.1) is 0 Å². The quantitative estimate of drug-likeness (QED) is 0.00735. The number of nitrogens with two attached hydrogens (primary N) is 12. The minimum atomic E-state index is -1.41. The third-order valence-electron chi connectivity index (χ3n) is 10.3. The average molecular weight is 1060 g/mol. The molecule has 1 rings (SSSR count). The van der Waals surface area contributed by atoms with Crippen molar-refractivity contribution in [3.05, 3.63) is 23.8 Å². The fourth-order valence-electron chi connectivity index (χ4n) is 6.57. The van der Waals surface area contributed by atoms with E-state index in [0.717, 1.165) is 0 Å². The van der Waals surface area contributed by atoms with Crippen LogP contribution in [-0.4, -0.2) is 153 Å². The number of nitrogens with one attached hydrogen (secondary N) is 9. The Balaban J connectivity index is 3.45. The molecule has 0 fully saturated rings. The van der Waals surface area contributed by atoms with Crippen LogP contribution in [0, 0.1) is 5.53 Å². The Morgan fingerprint density at radius 1 is 0.493 bits per heavy atom. The Morgan fingerprint density at radius 3 is 1.25 bits per heavy atom. The van der Waals surface area contributed by atoms with E-state index in [9.17, 15) is 38.4 Å². The van der Waals surface area contributed by atoms with Crippen LogP contribution in [-0.2, 0) is 33.6 Å². The SMILES string of the molecule is N=Nc1cc(C(=O)NCC(=O)NCC(=O)N[C@@H](CCCN=C(N)N)C(=O)N[C@@H](CCCNC(N)N)C(=O)N[C@@H](CCCN=C(N)N)C(=O)N[C@@H](CCCN=C(N)N)C(=O)N[C@@H](CCCN=C(N)N)C(N)=O)ccc1N. The van der Waals surface area contributed by atoms with Crippen LogP contribution in [0.1, 0.15) is 74.6 Å². The lowest BCUT2D eigenvalue weighted by molar-refractivity contribution is -0.135. The lowest BCUT2D eigenvalue weighted by Gasteiger charge is -2.27. The van der Waals surface area contributed by atoms with Crippen molar-refractivity contribution >= 4 is 82.5 Å². The summed E-state index contributed by atoms with van der Waals surface area (Å²) in [4.78, 5) is 123. The standard InChI is InChI=1S/C41H76N26O8/c42-22-12-11-21(18-28(22)67-54)32(71)61-19-29(68)60-20-30(69)62-24(7-2-14-56-38(46)47)33(72)64-26(9-4-16-58-40(50)51)35(74)66-27(10-5-17-59-41(52)53)36(75)65-25(8-3-15-57-39(48)49)34(73)63-23(31(43)70)6-1-13-55-37(44)45/h11-12,18,23-27,40,54,58H,1-10,13-17,19-20,42,50-51H2,(H2,43,70)(H,60,68)(H,61,71)(H,62,69)(H,63,73)(H,64,72)(H,65,75)(H,66,74)(H4,44,45,55)(H4,46,47,56)(H4,48,49,57)(H4,52,53,59)/t23-,24-,25-,26-,27-/m0/s1. The highest BCUT2D eigenvalue weighted by Gasteiger charge is 2.32. The number of anilines is 1. The molecule has 8 amide bonds. The van der Waals surface area contributed by atoms with E-state index in [4.69, 9.17) is 74.3 Å². The van der Waals surface area contributed by atoms with E-state index in [1.807, 2.05) is 0 Å². The molecule has 0 aliphatic carbocycles. The van der Waals surface area contributed by atoms with Gasteiger partial charge in [0.1, 0.15) is 42.2 Å². The molecule has 0 saturated carbocycles. The number of primary amides is 1. The van der Waals surface area contributed by atoms with E-state index in [1.165, 1.54) is 18.2 Å². The van der Waals surface area contributed by atoms with E-state index in [2.05, 4.69) is 67.6 Å². The van der Waals surface area contributed by atoms with Crippen molar-refractivity contribution in [2.24, 2.45) is 88.2 Å². The molecule has 5 atom stereocenters. The number of aliphatic imine (C=N–C) groups is 4. The summed E-state index contributed by atoms with van der Waals surface area (Å²) in [5.74, 6) is -7.51. The fourth-order valence-corrected chi connectivity index (χ4v) is 6.57. The van der Waals surface area contributed by atoms with E-state index in [0.29, 0.717) is 0 Å². The molecule has 0 spiro atoms. The maximum absolute atomic E-state index is 14.3. The normalized spacial score (nSPS) is 12.6. The van der Waals surface area contributed by atoms with Gasteiger partial charge in [-0.3, -0.25) is 63.6 Å². The second kappa shape index (κ2) is 35.5. The Labute approximate surface area is 432 Å². The van der Waals surface area contributed by atoms with Gasteiger partial charge < -0.3 is 106 Å². The van der Waals surface area contributed by atoms with Crippen LogP contribution in [0.2, 0.25) is 0 Å². The van der Waals surface area contributed by atoms with Crippen molar-refractivity contribution in [1.29, 1.82) is 5.53 Å². The zero-order valence-electron chi connectivity index (χ0n) is 41.6. The second-order valence-corrected chi connectivity index (χ2v) is 16.5. The highest BCUT2D eigenvalue weighted by Crippen LogP contribution is 2.22. The minimum Gasteiger partial charge on any atom is -0.397 e. The molecule has 34 heteroatoms. The van der Waals surface area contributed by atoms with E-state index >= 15 is 0 Å². The minimum absolute atomic E-state index is 0.0145. The number of benzene rings is 1. The van der Waals surface area contributed by atoms with Gasteiger partial charge in [0, 0.05) is 31.7 Å². The molecule has 0 unspecified atom stereocenters. The van der Waals surface area contributed by atoms with Gasteiger partial charge in [-0.1, -0.05) is 0 Å². The van der Waals surface area contributed by atoms with Crippen LogP contribution in [0.5, 0.6) is 0 Å². The zero-order valence-corrected chi connectivity index (χ0v) is 41.6. The van der Waals surface area contributed by atoms with Gasteiger partial charge in [-0.25, -0.2) is 5.53 Å². The first-order chi connectivity index (χ1) is 35.4. The number of carbonyl (C=O) groups is 8. The van der Waals surface area contributed by atoms with Crippen molar-refractivity contribution in [1.82, 2.24) is 42.5 Å². The van der Waals surface area contributed by atoms with Gasteiger partial charge >= 0.3 is 0 Å². The van der Waals surface area contributed by atoms with Crippen molar-refractivity contribution in [3.8, 4) is 0 Å². The molecule has 0 aromatic heterocycles. The van der Waals surface area contributed by atoms with Crippen molar-refractivity contribution in [2.45, 2.75) is 101 Å². The maximum atomic E-state index is 14.3. The molecule has 1 aromatic carbocycles. The molecular formula is C41H76N26O8. The zero-order chi connectivity index (χ0) is 56.5. The largest absolute Gasteiger partial charge is 0.397 e. The van der Waals surface area contributed by atoms with E-state index in [1.54, 1.807) is 0 Å². The molecule has 0 radical (unpaired) electrons. The third kappa shape index (κ3) is 28.8. The number of guanidine groups is 4. The van der Waals surface area contributed by atoms with Gasteiger partial charge in [-0.2, -0.15) is 5.11 Å². The van der Waals surface area contributed by atoms with Gasteiger partial charge in [0.25, 0.3) is 5.91 Å². The number of nitrogen functional groups attached to an aromatic ring is 1. The van der Waals surface area contributed by atoms with Crippen LogP contribution in [0.15, 0.2) is 43.3 Å². The Morgan fingerprint density at radius 2 is 0.867 bits per heavy atom. The Bertz CT molecular complexity index is 2190. The molecule has 34 nitrogen and oxygen atoms in total. The number of carbonyl (C=O) groups excluding carboxylic acids is 8. The van der Waals surface area contributed by atoms with Crippen LogP contribution in [0.4, 0.5) is 11.4 Å². The summed E-state index contributed by atoms with van der Waals surface area (Å²) in [6.07, 6.45) is -0.399. The summed E-state index contributed by atoms with van der Waals surface area (Å²) in [5.41, 5.74) is 73.6. The van der Waals surface area contributed by atoms with Gasteiger partial charge in [-0.05, 0) is 89.0 Å². The second-order valence-electron chi connectivity index (χ2n) is 16.5. The molecule has 33 N–H and O–H groups in total. The predicted octanol–water partition coefficient (Wildman–Crippen LogP) is -8.53. The van der Waals surface area contributed by atoms with Crippen molar-refractivity contribution in [3.63, 3.8) is 0 Å². The molecule has 0 saturated heterocycles. The topological polar surface area (TPSA) is 631 Å². The summed E-state index contributed by atoms with van der Waals surface area (Å²) < 4.78 is 0. The smallest absolute Gasteiger partial charge is 0.251 e. The van der Waals surface area contributed by atoms with Gasteiger partial charge in [0.2, 0.25) is 41.4 Å². The van der Waals surface area contributed by atoms with Crippen molar-refractivity contribution in [2.75, 3.05) is 51.5 Å². The van der Waals surface area contributed by atoms with Crippen LogP contribution in [0.25, 0.3) is 0 Å². The first-order valence-corrected chi connectivity index (χ1v) is 23.5. The molecule has 0 bridgehead atoms. The van der Waals surface area contributed by atoms with Crippen LogP contribution < -0.4 is 111 Å². The first kappa shape index (κ1) is 64.4. The highest BCUT2D eigenvalue weighted by atomic mass is 16.2. The summed E-state index contributed by atoms with van der Waals surface area (Å²) in [6.45, 7) is -0.833. The summed E-state index contributed by atoms with van der Waals surface area (Å²) in [6, 6.07) is -2.73. The van der Waals surface area contributed by atoms with E-state index in [-0.39, 0.29) is 138 Å². The number of nitrogens with zero attached hydrogens (tertiary/aromatic N) is 5. The molecule has 0 heterocycles. The van der Waals surface area contributed by atoms with Gasteiger partial charge in [0.15, 0.2) is 23.8 Å². The number of hydrogen-bond acceptors (Lipinski definition) is 18. The molecule has 0 aliphatic heterocycles. The predicted molar refractivity (Wildman–Crippen MR) is 279 cm³/mol. The Hall–Kier alpha value is -8.66. The lowest BCUT2D eigenvalue weighted by Crippen LogP contribution is -2.59. The fraction of sp³-hybridized carbons (Fsp3) is 0.561. The average Bonchev–Trinajstić information content (AvgIpc) is 3.33. The first-order valence-electron chi connectivity index (χ1n) is 23.5. The summed E-state index contributed by atoms with van der Waals surface area (Å²) in [5, 5.41) is 23.6. The van der Waals surface area contributed by atoms with Crippen LogP contribution >= 0.6 is 0 Å². The van der Waals surface area contributed by atoms with Gasteiger partial charge in [0.05, 0.1) is 18.8 Å².